The molecule has 196 valence electrons. The molecule has 7 N–H and O–H groups in total. The minimum absolute atomic E-state index is 0.0349. The number of carbonyl (C=O) groups excluding carboxylic acids is 3. The van der Waals surface area contributed by atoms with E-state index in [1.165, 1.54) is 23.9 Å². The zero-order chi connectivity index (χ0) is 26.4. The van der Waals surface area contributed by atoms with Crippen LogP contribution in [0, 0.1) is 0 Å². The van der Waals surface area contributed by atoms with Crippen LogP contribution in [0.2, 0.25) is 0 Å². The summed E-state index contributed by atoms with van der Waals surface area (Å²) in [6, 6.07) is 1.99. The summed E-state index contributed by atoms with van der Waals surface area (Å²) in [6.07, 6.45) is 4.58. The van der Waals surface area contributed by atoms with E-state index in [4.69, 9.17) is 5.73 Å². The first kappa shape index (κ1) is 30.9. The Balaban J connectivity index is 3.06. The zero-order valence-corrected chi connectivity index (χ0v) is 22.3. The van der Waals surface area contributed by atoms with E-state index in [2.05, 4.69) is 28.6 Å². The Morgan fingerprint density at radius 2 is 1.40 bits per heavy atom. The van der Waals surface area contributed by atoms with Gasteiger partial charge in [0.15, 0.2) is 0 Å². The summed E-state index contributed by atoms with van der Waals surface area (Å²) in [5, 5.41) is 26.5. The van der Waals surface area contributed by atoms with Crippen LogP contribution in [0.3, 0.4) is 0 Å². The van der Waals surface area contributed by atoms with Crippen LogP contribution in [0.1, 0.15) is 18.4 Å². The second-order valence-corrected chi connectivity index (χ2v) is 10.1. The third-order valence-corrected chi connectivity index (χ3v) is 6.67. The smallest absolute Gasteiger partial charge is 0.327 e. The fourth-order valence-electron chi connectivity index (χ4n) is 2.97. The van der Waals surface area contributed by atoms with Gasteiger partial charge >= 0.3 is 5.97 Å². The van der Waals surface area contributed by atoms with Gasteiger partial charge in [-0.05, 0) is 54.6 Å². The average molecular weight is 547 g/mol. The highest BCUT2D eigenvalue weighted by Crippen LogP contribution is 2.12. The largest absolute Gasteiger partial charge is 0.508 e. The third kappa shape index (κ3) is 11.5. The number of thiol groups is 1. The van der Waals surface area contributed by atoms with Gasteiger partial charge in [-0.1, -0.05) is 12.1 Å². The minimum atomic E-state index is -1.26. The number of nitrogens with two attached hydrogens (primary N) is 1. The standard InChI is InChI=1S/C22H34N4O6S3/c1-34-9-7-15(23)19(28)24-16(8-10-35-2)20(29)25-17(11-13-3-5-14(27)6-4-13)21(30)26-18(12-33)22(31)32/h3-6,15-18,27,33H,7-12,23H2,1-2H3,(H,24,28)(H,25,29)(H,26,30)(H,31,32). The second-order valence-electron chi connectivity index (χ2n) is 7.74. The lowest BCUT2D eigenvalue weighted by molar-refractivity contribution is -0.141. The molecule has 0 aliphatic rings. The van der Waals surface area contributed by atoms with Crippen molar-refractivity contribution in [3.63, 3.8) is 0 Å². The van der Waals surface area contributed by atoms with Crippen LogP contribution in [0.15, 0.2) is 24.3 Å². The number of carboxylic acids is 1. The predicted molar refractivity (Wildman–Crippen MR) is 143 cm³/mol. The van der Waals surface area contributed by atoms with Gasteiger partial charge < -0.3 is 31.9 Å². The first-order valence-electron chi connectivity index (χ1n) is 10.9. The predicted octanol–water partition coefficient (Wildman–Crippen LogP) is 0.237. The molecule has 1 aromatic carbocycles. The number of phenols is 1. The summed E-state index contributed by atoms with van der Waals surface area (Å²) < 4.78 is 0. The van der Waals surface area contributed by atoms with Gasteiger partial charge in [0.05, 0.1) is 6.04 Å². The quantitative estimate of drug-likeness (QED) is 0.143. The van der Waals surface area contributed by atoms with Crippen molar-refractivity contribution in [2.75, 3.05) is 29.8 Å². The number of benzene rings is 1. The summed E-state index contributed by atoms with van der Waals surface area (Å²) in [4.78, 5) is 49.9. The molecule has 0 saturated carbocycles. The number of amides is 3. The number of phenolic OH excluding ortho intramolecular Hbond substituents is 1. The van der Waals surface area contributed by atoms with E-state index in [9.17, 15) is 29.4 Å². The van der Waals surface area contributed by atoms with Gasteiger partial charge in [-0.15, -0.1) is 0 Å². The number of carboxylic acid groups (broad SMARTS) is 1. The highest BCUT2D eigenvalue weighted by Gasteiger charge is 2.30. The molecule has 3 amide bonds. The normalized spacial score (nSPS) is 14.3. The van der Waals surface area contributed by atoms with Gasteiger partial charge in [-0.3, -0.25) is 14.4 Å². The van der Waals surface area contributed by atoms with Crippen molar-refractivity contribution in [1.29, 1.82) is 0 Å². The molecule has 0 aliphatic heterocycles. The first-order chi connectivity index (χ1) is 16.6. The Labute approximate surface area is 219 Å². The Hall–Kier alpha value is -2.09. The number of hydrogen-bond acceptors (Lipinski definition) is 9. The van der Waals surface area contributed by atoms with Crippen LogP contribution in [0.5, 0.6) is 5.75 Å². The van der Waals surface area contributed by atoms with E-state index in [-0.39, 0.29) is 17.9 Å². The van der Waals surface area contributed by atoms with Gasteiger partial charge in [0.1, 0.15) is 23.9 Å². The maximum absolute atomic E-state index is 13.1. The SMILES string of the molecule is CSCCC(N)C(=O)NC(CCSC)C(=O)NC(Cc1ccc(O)cc1)C(=O)NC(CS)C(=O)O. The number of aliphatic carboxylic acids is 1. The Kier molecular flexibility index (Phi) is 14.6. The molecule has 0 heterocycles. The summed E-state index contributed by atoms with van der Waals surface area (Å²) in [5.41, 5.74) is 6.56. The van der Waals surface area contributed by atoms with E-state index in [1.807, 2.05) is 12.5 Å². The Morgan fingerprint density at radius 1 is 0.886 bits per heavy atom. The summed E-state index contributed by atoms with van der Waals surface area (Å²) in [5.74, 6) is -1.83. The van der Waals surface area contributed by atoms with Crippen molar-refractivity contribution in [3.8, 4) is 5.75 Å². The molecule has 0 aromatic heterocycles. The van der Waals surface area contributed by atoms with Gasteiger partial charge in [-0.2, -0.15) is 36.2 Å². The molecule has 1 aromatic rings. The van der Waals surface area contributed by atoms with Gasteiger partial charge in [0, 0.05) is 12.2 Å². The molecular formula is C22H34N4O6S3. The summed E-state index contributed by atoms with van der Waals surface area (Å²) in [6.45, 7) is 0. The van der Waals surface area contributed by atoms with Gasteiger partial charge in [-0.25, -0.2) is 4.79 Å². The third-order valence-electron chi connectivity index (χ3n) is 5.02. The number of nitrogens with one attached hydrogen (secondary N) is 3. The van der Waals surface area contributed by atoms with Crippen molar-refractivity contribution in [1.82, 2.24) is 16.0 Å². The highest BCUT2D eigenvalue weighted by molar-refractivity contribution is 7.98. The Morgan fingerprint density at radius 3 is 1.94 bits per heavy atom. The molecule has 35 heavy (non-hydrogen) atoms. The number of aromatic hydroxyl groups is 1. The van der Waals surface area contributed by atoms with Crippen LogP contribution in [0.4, 0.5) is 0 Å². The van der Waals surface area contributed by atoms with Gasteiger partial charge in [0.2, 0.25) is 17.7 Å². The van der Waals surface area contributed by atoms with E-state index in [1.54, 1.807) is 23.9 Å². The molecule has 1 rings (SSSR count). The highest BCUT2D eigenvalue weighted by atomic mass is 32.2. The van der Waals surface area contributed by atoms with Crippen molar-refractivity contribution < 1.29 is 29.4 Å². The summed E-state index contributed by atoms with van der Waals surface area (Å²) in [7, 11) is 0. The number of carbonyl (C=O) groups is 4. The molecule has 0 saturated heterocycles. The monoisotopic (exact) mass is 546 g/mol. The van der Waals surface area contributed by atoms with Crippen molar-refractivity contribution in [2.24, 2.45) is 5.73 Å². The van der Waals surface area contributed by atoms with E-state index in [0.717, 1.165) is 0 Å². The van der Waals surface area contributed by atoms with Crippen LogP contribution >= 0.6 is 36.2 Å². The first-order valence-corrected chi connectivity index (χ1v) is 14.3. The number of hydrogen-bond donors (Lipinski definition) is 7. The molecule has 13 heteroatoms. The van der Waals surface area contributed by atoms with E-state index < -0.39 is 47.9 Å². The second kappa shape index (κ2) is 16.6. The van der Waals surface area contributed by atoms with Gasteiger partial charge in [0.25, 0.3) is 0 Å². The molecule has 10 nitrogen and oxygen atoms in total. The number of thioether (sulfide) groups is 2. The minimum Gasteiger partial charge on any atom is -0.508 e. The lowest BCUT2D eigenvalue weighted by atomic mass is 10.0. The van der Waals surface area contributed by atoms with E-state index >= 15 is 0 Å². The molecule has 0 bridgehead atoms. The van der Waals surface area contributed by atoms with Crippen LogP contribution in [-0.2, 0) is 25.6 Å². The lowest BCUT2D eigenvalue weighted by Gasteiger charge is -2.25. The average Bonchev–Trinajstić information content (AvgIpc) is 2.83. The molecule has 0 aliphatic carbocycles. The topological polar surface area (TPSA) is 171 Å². The maximum atomic E-state index is 13.1. The molecule has 4 atom stereocenters. The van der Waals surface area contributed by atoms with Crippen molar-refractivity contribution >= 4 is 59.8 Å². The molecule has 0 fully saturated rings. The number of rotatable bonds is 16. The van der Waals surface area contributed by atoms with Crippen molar-refractivity contribution in [3.05, 3.63) is 29.8 Å². The molecule has 4 unspecified atom stereocenters. The lowest BCUT2D eigenvalue weighted by Crippen LogP contribution is -2.58. The van der Waals surface area contributed by atoms with E-state index in [0.29, 0.717) is 29.9 Å². The van der Waals surface area contributed by atoms with Crippen LogP contribution in [-0.4, -0.2) is 87.8 Å². The molecule has 0 spiro atoms. The zero-order valence-electron chi connectivity index (χ0n) is 19.7. The van der Waals surface area contributed by atoms with Crippen molar-refractivity contribution in [2.45, 2.75) is 43.4 Å². The fraction of sp³-hybridized carbons (Fsp3) is 0.545. The van der Waals surface area contributed by atoms with Crippen LogP contribution in [0.25, 0.3) is 0 Å². The molecule has 0 radical (unpaired) electrons. The van der Waals surface area contributed by atoms with Crippen LogP contribution < -0.4 is 21.7 Å². The fourth-order valence-corrected chi connectivity index (χ4v) is 4.17. The maximum Gasteiger partial charge on any atom is 0.327 e. The Bertz CT molecular complexity index is 843. The summed E-state index contributed by atoms with van der Waals surface area (Å²) >= 11 is 7.01. The molecular weight excluding hydrogens is 512 g/mol.